The lowest BCUT2D eigenvalue weighted by Gasteiger charge is -2.22. The summed E-state index contributed by atoms with van der Waals surface area (Å²) in [5, 5.41) is 2.55. The number of fused-ring (bicyclic) bond motifs is 2. The average molecular weight is 418 g/mol. The second kappa shape index (κ2) is 7.60. The fourth-order valence-electron chi connectivity index (χ4n) is 3.38. The van der Waals surface area contributed by atoms with Crippen LogP contribution in [0.15, 0.2) is 66.0 Å². The van der Waals surface area contributed by atoms with E-state index in [-0.39, 0.29) is 22.5 Å². The minimum atomic E-state index is -2.35. The van der Waals surface area contributed by atoms with Gasteiger partial charge in [-0.15, -0.1) is 0 Å². The number of hydrogen-bond donors (Lipinski definition) is 2. The van der Waals surface area contributed by atoms with Crippen LogP contribution in [0, 0.1) is 5.82 Å². The number of hydrogen-bond acceptors (Lipinski definition) is 6. The standard InChI is InChI=1S/C22H18FN7O/c1-2-15(28-20-18-19(25-11-24-18)26-12-27-20)21-29-16-10-6-9-14(23)17(16)22(31)30(21)13-7-4-3-5-8-13/h3-12,15H,2H2,1H3,(H2,24,25,26,27,28)/t15-/m0/s1/i2D2,15D. The Bertz CT molecular complexity index is 1580. The quantitative estimate of drug-likeness (QED) is 0.451. The summed E-state index contributed by atoms with van der Waals surface area (Å²) in [6, 6.07) is 9.94. The van der Waals surface area contributed by atoms with Crippen LogP contribution in [0.2, 0.25) is 0 Å². The molecule has 1 atom stereocenters. The Morgan fingerprint density at radius 2 is 2.03 bits per heavy atom. The lowest BCUT2D eigenvalue weighted by molar-refractivity contribution is 0.630. The normalized spacial score (nSPS) is 15.2. The highest BCUT2D eigenvalue weighted by Gasteiger charge is 2.22. The second-order valence-corrected chi connectivity index (χ2v) is 6.62. The molecule has 2 N–H and O–H groups in total. The number of rotatable bonds is 5. The number of nitrogens with one attached hydrogen (secondary N) is 2. The summed E-state index contributed by atoms with van der Waals surface area (Å²) < 4.78 is 42.1. The summed E-state index contributed by atoms with van der Waals surface area (Å²) in [7, 11) is 0. The predicted molar refractivity (Wildman–Crippen MR) is 116 cm³/mol. The van der Waals surface area contributed by atoms with E-state index >= 15 is 0 Å². The lowest BCUT2D eigenvalue weighted by Crippen LogP contribution is -2.28. The molecule has 0 aliphatic carbocycles. The van der Waals surface area contributed by atoms with Gasteiger partial charge in [-0.05, 0) is 30.6 Å². The van der Waals surface area contributed by atoms with Gasteiger partial charge in [0.15, 0.2) is 11.5 Å². The van der Waals surface area contributed by atoms with Crippen LogP contribution in [0.25, 0.3) is 27.8 Å². The molecular formula is C22H18FN7O. The highest BCUT2D eigenvalue weighted by molar-refractivity contribution is 5.82. The lowest BCUT2D eigenvalue weighted by atomic mass is 10.1. The zero-order valence-electron chi connectivity index (χ0n) is 19.3. The molecule has 3 aromatic heterocycles. The number of aromatic amines is 1. The Hall–Kier alpha value is -4.14. The molecule has 5 rings (SSSR count). The summed E-state index contributed by atoms with van der Waals surface area (Å²) >= 11 is 0. The molecule has 0 fully saturated rings. The number of aromatic nitrogens is 6. The number of halogens is 1. The molecule has 5 aromatic rings. The van der Waals surface area contributed by atoms with Crippen molar-refractivity contribution in [2.24, 2.45) is 0 Å². The van der Waals surface area contributed by atoms with Crippen molar-refractivity contribution in [1.29, 1.82) is 0 Å². The first-order chi connectivity index (χ1) is 16.2. The third kappa shape index (κ3) is 3.20. The Morgan fingerprint density at radius 3 is 2.84 bits per heavy atom. The zero-order chi connectivity index (χ0) is 24.1. The van der Waals surface area contributed by atoms with E-state index in [0.29, 0.717) is 16.9 Å². The van der Waals surface area contributed by atoms with Crippen molar-refractivity contribution in [3.63, 3.8) is 0 Å². The van der Waals surface area contributed by atoms with E-state index in [1.807, 2.05) is 0 Å². The van der Waals surface area contributed by atoms with Crippen LogP contribution in [0.5, 0.6) is 0 Å². The first kappa shape index (κ1) is 15.7. The fraction of sp³-hybridized carbons (Fsp3) is 0.136. The maximum atomic E-state index is 14.7. The van der Waals surface area contributed by atoms with Crippen LogP contribution in [0.1, 0.15) is 29.3 Å². The minimum Gasteiger partial charge on any atom is -0.358 e. The number of imidazole rings is 1. The Morgan fingerprint density at radius 1 is 1.19 bits per heavy atom. The summed E-state index contributed by atoms with van der Waals surface area (Å²) in [6.45, 7) is 1.19. The van der Waals surface area contributed by atoms with Crippen LogP contribution in [-0.2, 0) is 0 Å². The van der Waals surface area contributed by atoms with Crippen LogP contribution in [0.4, 0.5) is 10.2 Å². The maximum absolute atomic E-state index is 14.7. The van der Waals surface area contributed by atoms with Gasteiger partial charge in [0.2, 0.25) is 0 Å². The largest absolute Gasteiger partial charge is 0.358 e. The van der Waals surface area contributed by atoms with Crippen molar-refractivity contribution in [1.82, 2.24) is 29.5 Å². The highest BCUT2D eigenvalue weighted by atomic mass is 19.1. The van der Waals surface area contributed by atoms with Crippen molar-refractivity contribution in [3.05, 3.63) is 83.2 Å². The van der Waals surface area contributed by atoms with Crippen LogP contribution >= 0.6 is 0 Å². The van der Waals surface area contributed by atoms with Crippen molar-refractivity contribution < 1.29 is 8.50 Å². The molecule has 8 nitrogen and oxygen atoms in total. The molecule has 0 bridgehead atoms. The van der Waals surface area contributed by atoms with Crippen molar-refractivity contribution in [2.75, 3.05) is 5.32 Å². The Balaban J connectivity index is 1.86. The molecule has 0 aliphatic rings. The molecule has 154 valence electrons. The summed E-state index contributed by atoms with van der Waals surface area (Å²) in [5.74, 6) is -0.943. The number of H-pyrrole nitrogens is 1. The molecule has 2 aromatic carbocycles. The SMILES string of the molecule is [2H]C([2H])(C)[C@]([2H])(Nc1ncnc2nc[nH]c12)c1nc2cccc(F)c2c(=O)n1-c1ccccc1. The molecule has 0 radical (unpaired) electrons. The molecule has 9 heteroatoms. The zero-order valence-corrected chi connectivity index (χ0v) is 16.3. The van der Waals surface area contributed by atoms with Gasteiger partial charge in [-0.2, -0.15) is 0 Å². The van der Waals surface area contributed by atoms with Gasteiger partial charge in [-0.3, -0.25) is 9.36 Å². The first-order valence-electron chi connectivity index (χ1n) is 10.9. The molecule has 3 heterocycles. The van der Waals surface area contributed by atoms with Gasteiger partial charge in [-0.25, -0.2) is 24.3 Å². The van der Waals surface area contributed by atoms with E-state index in [4.69, 9.17) is 2.74 Å². The second-order valence-electron chi connectivity index (χ2n) is 6.62. The summed E-state index contributed by atoms with van der Waals surface area (Å²) in [6.07, 6.45) is 0.319. The van der Waals surface area contributed by atoms with Gasteiger partial charge in [0.25, 0.3) is 5.56 Å². The predicted octanol–water partition coefficient (Wildman–Crippen LogP) is 3.75. The number of benzene rings is 2. The molecule has 0 saturated heterocycles. The van der Waals surface area contributed by atoms with Gasteiger partial charge in [0.1, 0.15) is 28.9 Å². The third-order valence-electron chi connectivity index (χ3n) is 4.80. The van der Waals surface area contributed by atoms with E-state index < -0.39 is 23.8 Å². The van der Waals surface area contributed by atoms with Crippen LogP contribution in [0.3, 0.4) is 0 Å². The number of nitrogens with zero attached hydrogens (tertiary/aromatic N) is 5. The van der Waals surface area contributed by atoms with E-state index in [9.17, 15) is 10.6 Å². The summed E-state index contributed by atoms with van der Waals surface area (Å²) in [5.41, 5.74) is 0.206. The van der Waals surface area contributed by atoms with E-state index in [0.717, 1.165) is 10.6 Å². The monoisotopic (exact) mass is 418 g/mol. The molecule has 0 amide bonds. The summed E-state index contributed by atoms with van der Waals surface area (Å²) in [4.78, 5) is 33.1. The van der Waals surface area contributed by atoms with Crippen molar-refractivity contribution in [3.8, 4) is 5.69 Å². The van der Waals surface area contributed by atoms with Gasteiger partial charge in [0, 0.05) is 2.74 Å². The Kier molecular flexibility index (Phi) is 3.84. The first-order valence-corrected chi connectivity index (χ1v) is 9.40. The molecule has 31 heavy (non-hydrogen) atoms. The molecule has 0 unspecified atom stereocenters. The van der Waals surface area contributed by atoms with E-state index in [1.165, 1.54) is 31.7 Å². The average Bonchev–Trinajstić information content (AvgIpc) is 3.28. The smallest absolute Gasteiger partial charge is 0.269 e. The van der Waals surface area contributed by atoms with Gasteiger partial charge >= 0.3 is 0 Å². The van der Waals surface area contributed by atoms with E-state index in [1.54, 1.807) is 30.3 Å². The fourth-order valence-corrected chi connectivity index (χ4v) is 3.38. The molecule has 0 aliphatic heterocycles. The topological polar surface area (TPSA) is 101 Å². The highest BCUT2D eigenvalue weighted by Crippen LogP contribution is 2.26. The molecule has 0 saturated carbocycles. The minimum absolute atomic E-state index is 0.00392. The van der Waals surface area contributed by atoms with Crippen LogP contribution < -0.4 is 10.9 Å². The number of para-hydroxylation sites is 1. The van der Waals surface area contributed by atoms with Crippen molar-refractivity contribution in [2.45, 2.75) is 19.3 Å². The third-order valence-corrected chi connectivity index (χ3v) is 4.80. The van der Waals surface area contributed by atoms with Crippen molar-refractivity contribution >= 4 is 27.9 Å². The molecule has 0 spiro atoms. The molecular weight excluding hydrogens is 397 g/mol. The number of anilines is 1. The van der Waals surface area contributed by atoms with Gasteiger partial charge in [0.05, 0.1) is 24.9 Å². The van der Waals surface area contributed by atoms with Gasteiger partial charge < -0.3 is 10.3 Å². The maximum Gasteiger partial charge on any atom is 0.269 e. The Labute approximate surface area is 180 Å². The van der Waals surface area contributed by atoms with E-state index in [2.05, 4.69) is 30.2 Å². The van der Waals surface area contributed by atoms with Gasteiger partial charge in [-0.1, -0.05) is 31.2 Å². The van der Waals surface area contributed by atoms with Crippen LogP contribution in [-0.4, -0.2) is 29.5 Å².